The van der Waals surface area contributed by atoms with E-state index in [-0.39, 0.29) is 5.92 Å². The van der Waals surface area contributed by atoms with Crippen LogP contribution in [0.2, 0.25) is 5.02 Å². The summed E-state index contributed by atoms with van der Waals surface area (Å²) in [6, 6.07) is 16.3. The van der Waals surface area contributed by atoms with Gasteiger partial charge in [0.15, 0.2) is 0 Å². The Morgan fingerprint density at radius 2 is 1.74 bits per heavy atom. The van der Waals surface area contributed by atoms with Crippen LogP contribution in [0.5, 0.6) is 0 Å². The summed E-state index contributed by atoms with van der Waals surface area (Å²) in [5.41, 5.74) is 4.99. The fraction of sp³-hybridized carbons (Fsp3) is 0.400. The van der Waals surface area contributed by atoms with Crippen LogP contribution in [-0.4, -0.2) is 72.4 Å². The summed E-state index contributed by atoms with van der Waals surface area (Å²) in [5.74, 6) is 0.122. The number of benzene rings is 2. The number of hydrogen-bond acceptors (Lipinski definition) is 5. The number of hydrogen-bond donors (Lipinski definition) is 0. The molecular formula is C30H35ClN4O3. The zero-order valence-corrected chi connectivity index (χ0v) is 22.8. The van der Waals surface area contributed by atoms with Gasteiger partial charge in [-0.05, 0) is 67.7 Å². The molecule has 0 radical (unpaired) electrons. The molecule has 0 saturated carbocycles. The molecule has 2 unspecified atom stereocenters. The minimum absolute atomic E-state index is 0.122. The molecule has 1 amide bonds. The number of ether oxygens (including phenoxy) is 2. The second-order valence-corrected chi connectivity index (χ2v) is 10.4. The quantitative estimate of drug-likeness (QED) is 0.209. The molecule has 2 aliphatic heterocycles. The maximum Gasteiger partial charge on any atom is 0.209 e. The molecule has 0 spiro atoms. The summed E-state index contributed by atoms with van der Waals surface area (Å²) in [6.45, 7) is 3.65. The molecule has 0 aliphatic carbocycles. The van der Waals surface area contributed by atoms with Gasteiger partial charge in [-0.15, -0.1) is 0 Å². The second kappa shape index (κ2) is 12.3. The molecule has 0 N–H and O–H groups in total. The lowest BCUT2D eigenvalue weighted by atomic mass is 9.85. The molecule has 2 fully saturated rings. The monoisotopic (exact) mass is 534 g/mol. The Labute approximate surface area is 229 Å². The van der Waals surface area contributed by atoms with Gasteiger partial charge in [-0.1, -0.05) is 48.0 Å². The van der Waals surface area contributed by atoms with Gasteiger partial charge < -0.3 is 14.4 Å². The summed E-state index contributed by atoms with van der Waals surface area (Å²) in [5, 5.41) is 5.57. The number of likely N-dealkylation sites (tertiary alicyclic amines) is 2. The number of nitrogens with zero attached hydrogens (tertiary/aromatic N) is 4. The minimum Gasteiger partial charge on any atom is -0.350 e. The van der Waals surface area contributed by atoms with E-state index in [2.05, 4.69) is 29.2 Å². The van der Waals surface area contributed by atoms with Gasteiger partial charge in [0.1, 0.15) is 5.69 Å². The topological polar surface area (TPSA) is 59.8 Å². The molecule has 8 heteroatoms. The van der Waals surface area contributed by atoms with Gasteiger partial charge >= 0.3 is 0 Å². The van der Waals surface area contributed by atoms with E-state index in [9.17, 15) is 4.79 Å². The molecule has 38 heavy (non-hydrogen) atoms. The number of methoxy groups -OCH3 is 2. The summed E-state index contributed by atoms with van der Waals surface area (Å²) in [7, 11) is 3.30. The highest BCUT2D eigenvalue weighted by molar-refractivity contribution is 6.30. The molecule has 3 heterocycles. The predicted molar refractivity (Wildman–Crippen MR) is 150 cm³/mol. The van der Waals surface area contributed by atoms with Crippen LogP contribution in [0.3, 0.4) is 0 Å². The van der Waals surface area contributed by atoms with Crippen molar-refractivity contribution in [1.82, 2.24) is 19.6 Å². The third-order valence-electron chi connectivity index (χ3n) is 7.71. The van der Waals surface area contributed by atoms with Crippen molar-refractivity contribution in [3.8, 4) is 5.69 Å². The lowest BCUT2D eigenvalue weighted by molar-refractivity contribution is -0.120. The van der Waals surface area contributed by atoms with Gasteiger partial charge in [-0.3, -0.25) is 9.69 Å². The molecule has 1 aromatic heterocycles. The number of carbonyl (C=O) groups excluding carboxylic acids is 1. The van der Waals surface area contributed by atoms with E-state index in [1.807, 2.05) is 52.2 Å². The molecule has 2 aromatic carbocycles. The molecule has 2 saturated heterocycles. The van der Waals surface area contributed by atoms with Crippen LogP contribution in [0.15, 0.2) is 54.7 Å². The standard InChI is InChI=1S/C30H35ClN4O3/c1-37-30(38-2)29-26(27-20-33(21-36)17-14-28(27)34-15-3-4-16-34)19-32-35(29)25-7-5-6-23(18-25)9-8-22-10-12-24(31)13-11-22/h5-13,18-19,21,27-28,30H,3-4,14-17,20H2,1-2H3/b9-8+. The second-order valence-electron chi connectivity index (χ2n) is 9.99. The Hall–Kier alpha value is -2.97. The van der Waals surface area contributed by atoms with Crippen molar-refractivity contribution in [2.75, 3.05) is 40.4 Å². The molecule has 0 bridgehead atoms. The van der Waals surface area contributed by atoms with Crippen LogP contribution in [0.4, 0.5) is 0 Å². The van der Waals surface area contributed by atoms with E-state index in [1.165, 1.54) is 12.8 Å². The normalized spacial score (nSPS) is 20.6. The first-order chi connectivity index (χ1) is 18.6. The number of carbonyl (C=O) groups is 1. The van der Waals surface area contributed by atoms with Gasteiger partial charge in [0, 0.05) is 49.9 Å². The first-order valence-electron chi connectivity index (χ1n) is 13.2. The Bertz CT molecular complexity index is 1250. The zero-order chi connectivity index (χ0) is 26.5. The van der Waals surface area contributed by atoms with E-state index in [0.717, 1.165) is 65.6 Å². The van der Waals surface area contributed by atoms with Crippen molar-refractivity contribution in [3.05, 3.63) is 82.1 Å². The van der Waals surface area contributed by atoms with Gasteiger partial charge in [-0.2, -0.15) is 5.10 Å². The van der Waals surface area contributed by atoms with Crippen LogP contribution in [0.25, 0.3) is 17.8 Å². The van der Waals surface area contributed by atoms with E-state index in [4.69, 9.17) is 26.2 Å². The average molecular weight is 535 g/mol. The van der Waals surface area contributed by atoms with Crippen molar-refractivity contribution in [2.24, 2.45) is 0 Å². The lowest BCUT2D eigenvalue weighted by Crippen LogP contribution is -2.49. The highest BCUT2D eigenvalue weighted by Crippen LogP contribution is 2.37. The number of rotatable bonds is 9. The summed E-state index contributed by atoms with van der Waals surface area (Å²) in [4.78, 5) is 16.2. The highest BCUT2D eigenvalue weighted by Gasteiger charge is 2.38. The number of piperidine rings is 1. The fourth-order valence-corrected chi connectivity index (χ4v) is 5.95. The first-order valence-corrected chi connectivity index (χ1v) is 13.6. The molecule has 5 rings (SSSR count). The molecule has 7 nitrogen and oxygen atoms in total. The van der Waals surface area contributed by atoms with Crippen LogP contribution in [0, 0.1) is 0 Å². The van der Waals surface area contributed by atoms with Crippen molar-refractivity contribution in [2.45, 2.75) is 37.5 Å². The summed E-state index contributed by atoms with van der Waals surface area (Å²) < 4.78 is 13.5. The molecular weight excluding hydrogens is 500 g/mol. The van der Waals surface area contributed by atoms with E-state index >= 15 is 0 Å². The zero-order valence-electron chi connectivity index (χ0n) is 22.0. The highest BCUT2D eigenvalue weighted by atomic mass is 35.5. The van der Waals surface area contributed by atoms with Gasteiger partial charge in [0.2, 0.25) is 12.7 Å². The molecule has 2 atom stereocenters. The molecule has 3 aromatic rings. The minimum atomic E-state index is -0.591. The van der Waals surface area contributed by atoms with Crippen LogP contribution in [-0.2, 0) is 14.3 Å². The third kappa shape index (κ3) is 5.71. The molecule has 2 aliphatic rings. The van der Waals surface area contributed by atoms with Crippen LogP contribution < -0.4 is 0 Å². The first kappa shape index (κ1) is 26.6. The van der Waals surface area contributed by atoms with E-state index < -0.39 is 6.29 Å². The van der Waals surface area contributed by atoms with Crippen LogP contribution in [0.1, 0.15) is 53.9 Å². The van der Waals surface area contributed by atoms with Crippen LogP contribution >= 0.6 is 11.6 Å². The number of aromatic nitrogens is 2. The molecule has 200 valence electrons. The summed E-state index contributed by atoms with van der Waals surface area (Å²) in [6.07, 6.45) is 9.86. The Morgan fingerprint density at radius 3 is 2.45 bits per heavy atom. The predicted octanol–water partition coefficient (Wildman–Crippen LogP) is 5.40. The van der Waals surface area contributed by atoms with Gasteiger partial charge in [0.05, 0.1) is 11.9 Å². The largest absolute Gasteiger partial charge is 0.350 e. The number of halogens is 1. The Kier molecular flexibility index (Phi) is 8.59. The third-order valence-corrected chi connectivity index (χ3v) is 7.96. The number of amides is 1. The SMILES string of the molecule is COC(OC)c1c(C2CN(C=O)CCC2N2CCCC2)cnn1-c1cccc(/C=C/c2ccc(Cl)cc2)c1. The average Bonchev–Trinajstić information content (AvgIpc) is 3.64. The lowest BCUT2D eigenvalue weighted by Gasteiger charge is -2.42. The van der Waals surface area contributed by atoms with Crippen molar-refractivity contribution < 1.29 is 14.3 Å². The van der Waals surface area contributed by atoms with Gasteiger partial charge in [0.25, 0.3) is 0 Å². The van der Waals surface area contributed by atoms with Crippen molar-refractivity contribution in [3.63, 3.8) is 0 Å². The Balaban J connectivity index is 1.52. The van der Waals surface area contributed by atoms with E-state index in [0.29, 0.717) is 12.6 Å². The van der Waals surface area contributed by atoms with Gasteiger partial charge in [-0.25, -0.2) is 4.68 Å². The fourth-order valence-electron chi connectivity index (χ4n) is 5.82. The van der Waals surface area contributed by atoms with Crippen molar-refractivity contribution in [1.29, 1.82) is 0 Å². The van der Waals surface area contributed by atoms with Crippen molar-refractivity contribution >= 4 is 30.2 Å². The Morgan fingerprint density at radius 1 is 1.00 bits per heavy atom. The summed E-state index contributed by atoms with van der Waals surface area (Å²) >= 11 is 6.03. The van der Waals surface area contributed by atoms with E-state index in [1.54, 1.807) is 14.2 Å². The maximum absolute atomic E-state index is 11.8. The maximum atomic E-state index is 11.8. The smallest absolute Gasteiger partial charge is 0.209 e.